The fraction of sp³-hybridized carbons (Fsp3) is 0.250. The van der Waals surface area contributed by atoms with E-state index in [2.05, 4.69) is 5.10 Å². The van der Waals surface area contributed by atoms with Gasteiger partial charge in [-0.15, -0.1) is 0 Å². The fourth-order valence-electron chi connectivity index (χ4n) is 1.51. The van der Waals surface area contributed by atoms with Crippen molar-refractivity contribution in [3.05, 3.63) is 42.3 Å². The van der Waals surface area contributed by atoms with Gasteiger partial charge in [0.2, 0.25) is 0 Å². The minimum Gasteiger partial charge on any atom is -0.330 e. The van der Waals surface area contributed by atoms with Crippen LogP contribution in [0, 0.1) is 5.82 Å². The number of aryl methyl sites for hydroxylation is 1. The van der Waals surface area contributed by atoms with E-state index in [1.54, 1.807) is 12.1 Å². The summed E-state index contributed by atoms with van der Waals surface area (Å²) in [4.78, 5) is 0. The number of hydrogen-bond donors (Lipinski definition) is 1. The lowest BCUT2D eigenvalue weighted by atomic mass is 10.1. The van der Waals surface area contributed by atoms with Crippen molar-refractivity contribution in [1.82, 2.24) is 9.78 Å². The molecule has 0 saturated carbocycles. The third kappa shape index (κ3) is 2.46. The lowest BCUT2D eigenvalue weighted by molar-refractivity contribution is 0.586. The third-order valence-electron chi connectivity index (χ3n) is 2.37. The number of nitrogens with zero attached hydrogens (tertiary/aromatic N) is 2. The molecule has 2 N–H and O–H groups in total. The van der Waals surface area contributed by atoms with Crippen LogP contribution in [0.25, 0.3) is 11.3 Å². The molecule has 0 bridgehead atoms. The van der Waals surface area contributed by atoms with Crippen molar-refractivity contribution in [2.24, 2.45) is 5.73 Å². The lowest BCUT2D eigenvalue weighted by Gasteiger charge is -1.99. The van der Waals surface area contributed by atoms with Gasteiger partial charge in [-0.2, -0.15) is 5.10 Å². The van der Waals surface area contributed by atoms with Crippen LogP contribution in [0.3, 0.4) is 0 Å². The van der Waals surface area contributed by atoms with Crippen LogP contribution in [-0.4, -0.2) is 16.3 Å². The summed E-state index contributed by atoms with van der Waals surface area (Å²) in [5.41, 5.74) is 7.21. The van der Waals surface area contributed by atoms with E-state index in [0.29, 0.717) is 6.54 Å². The van der Waals surface area contributed by atoms with E-state index in [0.717, 1.165) is 24.2 Å². The molecule has 0 aliphatic carbocycles. The van der Waals surface area contributed by atoms with Crippen molar-refractivity contribution >= 4 is 0 Å². The Kier molecular flexibility index (Phi) is 3.31. The number of halogens is 1. The Hall–Kier alpha value is -1.68. The lowest BCUT2D eigenvalue weighted by Crippen LogP contribution is -2.06. The summed E-state index contributed by atoms with van der Waals surface area (Å²) < 4.78 is 14.6. The normalized spacial score (nSPS) is 10.6. The summed E-state index contributed by atoms with van der Waals surface area (Å²) in [7, 11) is 0. The van der Waals surface area contributed by atoms with Crippen molar-refractivity contribution in [1.29, 1.82) is 0 Å². The maximum atomic E-state index is 12.7. The first-order chi connectivity index (χ1) is 7.79. The zero-order valence-electron chi connectivity index (χ0n) is 8.94. The highest BCUT2D eigenvalue weighted by molar-refractivity contribution is 5.58. The van der Waals surface area contributed by atoms with Crippen molar-refractivity contribution in [3.8, 4) is 11.3 Å². The van der Waals surface area contributed by atoms with Gasteiger partial charge in [0.15, 0.2) is 0 Å². The van der Waals surface area contributed by atoms with Gasteiger partial charge in [0, 0.05) is 18.3 Å². The van der Waals surface area contributed by atoms with Gasteiger partial charge in [0.25, 0.3) is 0 Å². The van der Waals surface area contributed by atoms with E-state index in [4.69, 9.17) is 5.73 Å². The molecule has 3 nitrogen and oxygen atoms in total. The molecule has 0 fully saturated rings. The largest absolute Gasteiger partial charge is 0.330 e. The number of rotatable bonds is 4. The van der Waals surface area contributed by atoms with Crippen LogP contribution in [0.1, 0.15) is 6.42 Å². The van der Waals surface area contributed by atoms with Gasteiger partial charge in [0.1, 0.15) is 5.82 Å². The first-order valence-electron chi connectivity index (χ1n) is 5.29. The first-order valence-corrected chi connectivity index (χ1v) is 5.29. The zero-order valence-corrected chi connectivity index (χ0v) is 8.94. The zero-order chi connectivity index (χ0) is 11.4. The van der Waals surface area contributed by atoms with Crippen LogP contribution in [0.5, 0.6) is 0 Å². The van der Waals surface area contributed by atoms with Crippen molar-refractivity contribution in [3.63, 3.8) is 0 Å². The molecule has 0 amide bonds. The Labute approximate surface area is 93.7 Å². The van der Waals surface area contributed by atoms with E-state index >= 15 is 0 Å². The van der Waals surface area contributed by atoms with Gasteiger partial charge in [-0.25, -0.2) is 4.39 Å². The molecular formula is C12H14FN3. The smallest absolute Gasteiger partial charge is 0.123 e. The van der Waals surface area contributed by atoms with Crippen molar-refractivity contribution < 1.29 is 4.39 Å². The number of hydrogen-bond acceptors (Lipinski definition) is 2. The molecule has 0 atom stereocenters. The second-order valence-electron chi connectivity index (χ2n) is 3.61. The standard InChI is InChI=1S/C12H14FN3/c13-11-4-2-10(3-5-11)12-6-9-16(15-12)8-1-7-14/h2-6,9H,1,7-8,14H2. The molecule has 0 aliphatic heterocycles. The van der Waals surface area contributed by atoms with Crippen molar-refractivity contribution in [2.45, 2.75) is 13.0 Å². The number of nitrogens with two attached hydrogens (primary N) is 1. The highest BCUT2D eigenvalue weighted by atomic mass is 19.1. The molecule has 2 aromatic rings. The van der Waals surface area contributed by atoms with Gasteiger partial charge in [-0.05, 0) is 43.3 Å². The minimum atomic E-state index is -0.230. The average Bonchev–Trinajstić information content (AvgIpc) is 2.76. The molecule has 4 heteroatoms. The number of aromatic nitrogens is 2. The van der Waals surface area contributed by atoms with Crippen LogP contribution in [-0.2, 0) is 6.54 Å². The Morgan fingerprint density at radius 2 is 1.94 bits per heavy atom. The summed E-state index contributed by atoms with van der Waals surface area (Å²) >= 11 is 0. The molecule has 0 aliphatic rings. The molecule has 0 unspecified atom stereocenters. The summed E-state index contributed by atoms with van der Waals surface area (Å²) in [6.45, 7) is 1.48. The van der Waals surface area contributed by atoms with Crippen LogP contribution in [0.15, 0.2) is 36.5 Å². The second-order valence-corrected chi connectivity index (χ2v) is 3.61. The monoisotopic (exact) mass is 219 g/mol. The Balaban J connectivity index is 2.15. The molecule has 0 saturated heterocycles. The average molecular weight is 219 g/mol. The molecule has 16 heavy (non-hydrogen) atoms. The summed E-state index contributed by atoms with van der Waals surface area (Å²) in [6.07, 6.45) is 2.82. The molecule has 1 heterocycles. The van der Waals surface area contributed by atoms with E-state index in [9.17, 15) is 4.39 Å². The van der Waals surface area contributed by atoms with Crippen LogP contribution >= 0.6 is 0 Å². The first kappa shape index (κ1) is 10.8. The van der Waals surface area contributed by atoms with Crippen molar-refractivity contribution in [2.75, 3.05) is 6.54 Å². The van der Waals surface area contributed by atoms with Crippen LogP contribution in [0.2, 0.25) is 0 Å². The van der Waals surface area contributed by atoms with Gasteiger partial charge in [-0.3, -0.25) is 4.68 Å². The Morgan fingerprint density at radius 3 is 2.62 bits per heavy atom. The highest BCUT2D eigenvalue weighted by Gasteiger charge is 2.02. The Morgan fingerprint density at radius 1 is 1.19 bits per heavy atom. The van der Waals surface area contributed by atoms with Crippen LogP contribution in [0.4, 0.5) is 4.39 Å². The minimum absolute atomic E-state index is 0.230. The van der Waals surface area contributed by atoms with E-state index in [-0.39, 0.29) is 5.82 Å². The van der Waals surface area contributed by atoms with Gasteiger partial charge < -0.3 is 5.73 Å². The molecule has 2 rings (SSSR count). The predicted molar refractivity (Wildman–Crippen MR) is 61.3 cm³/mol. The van der Waals surface area contributed by atoms with Gasteiger partial charge in [0.05, 0.1) is 5.69 Å². The SMILES string of the molecule is NCCCn1ccc(-c2ccc(F)cc2)n1. The van der Waals surface area contributed by atoms with E-state index < -0.39 is 0 Å². The Bertz CT molecular complexity index is 448. The topological polar surface area (TPSA) is 43.8 Å². The summed E-state index contributed by atoms with van der Waals surface area (Å²) in [5.74, 6) is -0.230. The fourth-order valence-corrected chi connectivity index (χ4v) is 1.51. The van der Waals surface area contributed by atoms with E-state index in [1.165, 1.54) is 12.1 Å². The molecule has 1 aromatic carbocycles. The number of benzene rings is 1. The molecule has 84 valence electrons. The molecule has 0 spiro atoms. The quantitative estimate of drug-likeness (QED) is 0.855. The van der Waals surface area contributed by atoms with Gasteiger partial charge in [-0.1, -0.05) is 0 Å². The molecular weight excluding hydrogens is 205 g/mol. The highest BCUT2D eigenvalue weighted by Crippen LogP contribution is 2.16. The second kappa shape index (κ2) is 4.90. The molecule has 0 radical (unpaired) electrons. The van der Waals surface area contributed by atoms with E-state index in [1.807, 2.05) is 16.9 Å². The third-order valence-corrected chi connectivity index (χ3v) is 2.37. The maximum absolute atomic E-state index is 12.7. The summed E-state index contributed by atoms with van der Waals surface area (Å²) in [6, 6.07) is 8.25. The predicted octanol–water partition coefficient (Wildman–Crippen LogP) is 2.04. The van der Waals surface area contributed by atoms with Crippen LogP contribution < -0.4 is 5.73 Å². The summed E-state index contributed by atoms with van der Waals surface area (Å²) in [5, 5.41) is 4.39. The molecule has 1 aromatic heterocycles. The maximum Gasteiger partial charge on any atom is 0.123 e. The van der Waals surface area contributed by atoms with Gasteiger partial charge >= 0.3 is 0 Å².